The summed E-state index contributed by atoms with van der Waals surface area (Å²) in [5.41, 5.74) is 3.97. The lowest BCUT2D eigenvalue weighted by Crippen LogP contribution is -2.36. The molecule has 2 N–H and O–H groups in total. The summed E-state index contributed by atoms with van der Waals surface area (Å²) in [6, 6.07) is 23.1. The van der Waals surface area contributed by atoms with E-state index in [1.165, 1.54) is 5.56 Å². The zero-order valence-corrected chi connectivity index (χ0v) is 23.3. The quantitative estimate of drug-likeness (QED) is 0.270. The third-order valence-electron chi connectivity index (χ3n) is 7.17. The van der Waals surface area contributed by atoms with Crippen molar-refractivity contribution in [2.75, 3.05) is 31.5 Å². The number of hydrogen-bond acceptors (Lipinski definition) is 3. The number of carbonyl (C=O) groups is 2. The van der Waals surface area contributed by atoms with Gasteiger partial charge in [0.1, 0.15) is 0 Å². The fourth-order valence-electron chi connectivity index (χ4n) is 5.03. The van der Waals surface area contributed by atoms with Crippen LogP contribution in [0.4, 0.5) is 5.69 Å². The molecule has 38 heavy (non-hydrogen) atoms. The SMILES string of the molecule is CCC(=O)Nc1cccc(C2CCN(CCCNC(=O)C(c3ccc(Cl)cc3)c3ccc(Cl)cc3)CC2)c1. The van der Waals surface area contributed by atoms with E-state index in [1.54, 1.807) is 0 Å². The first kappa shape index (κ1) is 28.2. The van der Waals surface area contributed by atoms with E-state index in [2.05, 4.69) is 27.7 Å². The van der Waals surface area contributed by atoms with Crippen molar-refractivity contribution in [1.82, 2.24) is 10.2 Å². The molecule has 0 saturated carbocycles. The molecule has 1 fully saturated rings. The lowest BCUT2D eigenvalue weighted by molar-refractivity contribution is -0.121. The Morgan fingerprint density at radius 3 is 2.11 bits per heavy atom. The van der Waals surface area contributed by atoms with E-state index in [0.29, 0.717) is 28.9 Å². The molecule has 0 atom stereocenters. The summed E-state index contributed by atoms with van der Waals surface area (Å²) in [6.45, 7) is 5.49. The number of carbonyl (C=O) groups excluding carboxylic acids is 2. The Labute approximate surface area is 235 Å². The number of nitrogens with one attached hydrogen (secondary N) is 2. The molecular weight excluding hydrogens is 517 g/mol. The van der Waals surface area contributed by atoms with Crippen molar-refractivity contribution in [3.05, 3.63) is 99.5 Å². The largest absolute Gasteiger partial charge is 0.355 e. The van der Waals surface area contributed by atoms with Gasteiger partial charge in [0.2, 0.25) is 11.8 Å². The van der Waals surface area contributed by atoms with Crippen LogP contribution in [0.2, 0.25) is 10.0 Å². The summed E-state index contributed by atoms with van der Waals surface area (Å²) in [6.07, 6.45) is 3.55. The van der Waals surface area contributed by atoms with E-state index >= 15 is 0 Å². The average molecular weight is 553 g/mol. The molecule has 200 valence electrons. The maximum absolute atomic E-state index is 13.3. The summed E-state index contributed by atoms with van der Waals surface area (Å²) >= 11 is 12.2. The van der Waals surface area contributed by atoms with Gasteiger partial charge in [0.25, 0.3) is 0 Å². The number of halogens is 2. The van der Waals surface area contributed by atoms with Gasteiger partial charge in [-0.15, -0.1) is 0 Å². The first-order valence-corrected chi connectivity index (χ1v) is 14.1. The topological polar surface area (TPSA) is 61.4 Å². The average Bonchev–Trinajstić information content (AvgIpc) is 2.94. The monoisotopic (exact) mass is 551 g/mol. The van der Waals surface area contributed by atoms with Crippen LogP contribution < -0.4 is 10.6 Å². The van der Waals surface area contributed by atoms with Crippen LogP contribution in [-0.4, -0.2) is 42.9 Å². The molecular formula is C31H35Cl2N3O2. The van der Waals surface area contributed by atoms with Crippen LogP contribution in [0.3, 0.4) is 0 Å². The molecule has 5 nitrogen and oxygen atoms in total. The second-order valence-electron chi connectivity index (χ2n) is 9.82. The Kier molecular flexibility index (Phi) is 10.2. The highest BCUT2D eigenvalue weighted by atomic mass is 35.5. The highest BCUT2D eigenvalue weighted by Crippen LogP contribution is 2.30. The second kappa shape index (κ2) is 13.8. The van der Waals surface area contributed by atoms with Gasteiger partial charge in [-0.25, -0.2) is 0 Å². The van der Waals surface area contributed by atoms with E-state index in [4.69, 9.17) is 23.2 Å². The van der Waals surface area contributed by atoms with Gasteiger partial charge in [-0.3, -0.25) is 9.59 Å². The molecule has 3 aromatic rings. The minimum atomic E-state index is -0.418. The van der Waals surface area contributed by atoms with Gasteiger partial charge < -0.3 is 15.5 Å². The fourth-order valence-corrected chi connectivity index (χ4v) is 5.28. The third-order valence-corrected chi connectivity index (χ3v) is 7.67. The van der Waals surface area contributed by atoms with Gasteiger partial charge in [-0.05, 0) is 97.9 Å². The molecule has 0 bridgehead atoms. The molecule has 0 spiro atoms. The first-order chi connectivity index (χ1) is 18.4. The van der Waals surface area contributed by atoms with E-state index in [0.717, 1.165) is 55.7 Å². The first-order valence-electron chi connectivity index (χ1n) is 13.3. The molecule has 1 heterocycles. The predicted molar refractivity (Wildman–Crippen MR) is 156 cm³/mol. The number of rotatable bonds is 10. The van der Waals surface area contributed by atoms with Gasteiger partial charge in [-0.2, -0.15) is 0 Å². The number of anilines is 1. The fraction of sp³-hybridized carbons (Fsp3) is 0.355. The molecule has 1 saturated heterocycles. The lowest BCUT2D eigenvalue weighted by Gasteiger charge is -2.32. The highest BCUT2D eigenvalue weighted by Gasteiger charge is 2.23. The van der Waals surface area contributed by atoms with Crippen LogP contribution in [0, 0.1) is 0 Å². The zero-order chi connectivity index (χ0) is 26.9. The smallest absolute Gasteiger partial charge is 0.232 e. The molecule has 2 amide bonds. The van der Waals surface area contributed by atoms with Crippen LogP contribution in [0.1, 0.15) is 61.1 Å². The number of benzene rings is 3. The van der Waals surface area contributed by atoms with Gasteiger partial charge in [0.05, 0.1) is 5.92 Å². The summed E-state index contributed by atoms with van der Waals surface area (Å²) in [5.74, 6) is 0.0993. The molecule has 3 aromatic carbocycles. The molecule has 0 radical (unpaired) electrons. The van der Waals surface area contributed by atoms with Gasteiger partial charge in [-0.1, -0.05) is 66.5 Å². The van der Waals surface area contributed by atoms with E-state index in [1.807, 2.05) is 67.6 Å². The van der Waals surface area contributed by atoms with Crippen molar-refractivity contribution in [2.24, 2.45) is 0 Å². The van der Waals surface area contributed by atoms with E-state index < -0.39 is 5.92 Å². The number of nitrogens with zero attached hydrogens (tertiary/aromatic N) is 1. The number of piperidine rings is 1. The van der Waals surface area contributed by atoms with Crippen LogP contribution in [0.5, 0.6) is 0 Å². The van der Waals surface area contributed by atoms with Crippen molar-refractivity contribution in [3.63, 3.8) is 0 Å². The maximum atomic E-state index is 13.3. The molecule has 1 aliphatic heterocycles. The molecule has 4 rings (SSSR count). The molecule has 7 heteroatoms. The van der Waals surface area contributed by atoms with Crippen LogP contribution >= 0.6 is 23.2 Å². The molecule has 1 aliphatic rings. The Hall–Kier alpha value is -2.86. The highest BCUT2D eigenvalue weighted by molar-refractivity contribution is 6.30. The Morgan fingerprint density at radius 2 is 1.53 bits per heavy atom. The molecule has 0 aromatic heterocycles. The van der Waals surface area contributed by atoms with Crippen molar-refractivity contribution in [2.45, 2.75) is 44.4 Å². The van der Waals surface area contributed by atoms with Crippen molar-refractivity contribution in [1.29, 1.82) is 0 Å². The summed E-state index contributed by atoms with van der Waals surface area (Å²) < 4.78 is 0. The number of hydrogen-bond donors (Lipinski definition) is 2. The van der Waals surface area contributed by atoms with Crippen LogP contribution in [0.25, 0.3) is 0 Å². The Balaban J connectivity index is 1.25. The second-order valence-corrected chi connectivity index (χ2v) is 10.7. The summed E-state index contributed by atoms with van der Waals surface area (Å²) in [7, 11) is 0. The van der Waals surface area contributed by atoms with E-state index in [9.17, 15) is 9.59 Å². The summed E-state index contributed by atoms with van der Waals surface area (Å²) in [4.78, 5) is 27.5. The van der Waals surface area contributed by atoms with Gasteiger partial charge in [0, 0.05) is 28.7 Å². The van der Waals surface area contributed by atoms with Crippen molar-refractivity contribution >= 4 is 40.7 Å². The van der Waals surface area contributed by atoms with Gasteiger partial charge in [0.15, 0.2) is 0 Å². The van der Waals surface area contributed by atoms with Crippen LogP contribution in [0.15, 0.2) is 72.8 Å². The number of likely N-dealkylation sites (tertiary alicyclic amines) is 1. The third kappa shape index (κ3) is 7.83. The standard InChI is InChI=1S/C31H35Cl2N3O2/c1-2-29(37)35-28-6-3-5-25(21-28)22-15-19-36(20-16-22)18-4-17-34-31(38)30(23-7-11-26(32)12-8-23)24-9-13-27(33)14-10-24/h3,5-14,21-22,30H,2,4,15-20H2,1H3,(H,34,38)(H,35,37). The normalized spacial score (nSPS) is 14.4. The van der Waals surface area contributed by atoms with Gasteiger partial charge >= 0.3 is 0 Å². The minimum absolute atomic E-state index is 0.0246. The predicted octanol–water partition coefficient (Wildman–Crippen LogP) is 6.86. The number of amides is 2. The zero-order valence-electron chi connectivity index (χ0n) is 21.8. The Bertz CT molecular complexity index is 1160. The minimum Gasteiger partial charge on any atom is -0.355 e. The summed E-state index contributed by atoms with van der Waals surface area (Å²) in [5, 5.41) is 7.39. The van der Waals surface area contributed by atoms with Crippen LogP contribution in [-0.2, 0) is 9.59 Å². The molecule has 0 aliphatic carbocycles. The van der Waals surface area contributed by atoms with Crippen molar-refractivity contribution in [3.8, 4) is 0 Å². The Morgan fingerprint density at radius 1 is 0.921 bits per heavy atom. The lowest BCUT2D eigenvalue weighted by atomic mass is 9.89. The van der Waals surface area contributed by atoms with Crippen molar-refractivity contribution < 1.29 is 9.59 Å². The maximum Gasteiger partial charge on any atom is 0.232 e. The molecule has 0 unspecified atom stereocenters. The van der Waals surface area contributed by atoms with E-state index in [-0.39, 0.29) is 11.8 Å².